The summed E-state index contributed by atoms with van der Waals surface area (Å²) in [4.78, 5) is 12.4. The summed E-state index contributed by atoms with van der Waals surface area (Å²) in [6, 6.07) is 10.7. The average molecular weight is 451 g/mol. The van der Waals surface area contributed by atoms with E-state index in [1.807, 2.05) is 32.0 Å². The van der Waals surface area contributed by atoms with Crippen LogP contribution in [0.2, 0.25) is 0 Å². The van der Waals surface area contributed by atoms with Crippen molar-refractivity contribution in [3.63, 3.8) is 0 Å². The highest BCUT2D eigenvalue weighted by molar-refractivity contribution is 7.89. The number of benzene rings is 2. The molecule has 0 spiro atoms. The van der Waals surface area contributed by atoms with Crippen molar-refractivity contribution in [3.8, 4) is 17.2 Å². The summed E-state index contributed by atoms with van der Waals surface area (Å²) >= 11 is 0. The largest absolute Gasteiger partial charge is 0.497 e. The lowest BCUT2D eigenvalue weighted by atomic mass is 10.1. The monoisotopic (exact) mass is 450 g/mol. The van der Waals surface area contributed by atoms with Crippen molar-refractivity contribution in [3.05, 3.63) is 48.0 Å². The van der Waals surface area contributed by atoms with Crippen LogP contribution in [0.25, 0.3) is 0 Å². The number of carbonyl (C=O) groups excluding carboxylic acids is 1. The van der Waals surface area contributed by atoms with Crippen LogP contribution in [0.4, 0.5) is 0 Å². The topological polar surface area (TPSA) is 103 Å². The van der Waals surface area contributed by atoms with Crippen LogP contribution in [0.1, 0.15) is 26.3 Å². The van der Waals surface area contributed by atoms with Crippen LogP contribution >= 0.6 is 0 Å². The van der Waals surface area contributed by atoms with Crippen molar-refractivity contribution in [1.29, 1.82) is 0 Å². The predicted octanol–water partition coefficient (Wildman–Crippen LogP) is 2.52. The van der Waals surface area contributed by atoms with E-state index in [1.54, 1.807) is 12.1 Å². The molecule has 2 aromatic rings. The summed E-state index contributed by atoms with van der Waals surface area (Å²) in [6.45, 7) is 6.72. The number of hydrogen-bond acceptors (Lipinski definition) is 6. The second kappa shape index (κ2) is 11.6. The summed E-state index contributed by atoms with van der Waals surface area (Å²) in [5.41, 5.74) is 0.971. The smallest absolute Gasteiger partial charge is 0.241 e. The zero-order valence-corrected chi connectivity index (χ0v) is 19.1. The molecule has 0 saturated carbocycles. The lowest BCUT2D eigenvalue weighted by Gasteiger charge is -2.15. The zero-order valence-electron chi connectivity index (χ0n) is 18.3. The second-order valence-corrected chi connectivity index (χ2v) is 8.42. The first kappa shape index (κ1) is 24.5. The normalized spacial score (nSPS) is 12.1. The first-order chi connectivity index (χ1) is 14.8. The van der Waals surface area contributed by atoms with Gasteiger partial charge in [-0.15, -0.1) is 0 Å². The van der Waals surface area contributed by atoms with Gasteiger partial charge in [0.25, 0.3) is 0 Å². The standard InChI is InChI=1S/C22H30N2O6S/c1-5-29-20-12-7-17(15-21(20)30-6-2)13-14-23-22(25)16(3)24-31(26,27)19-10-8-18(28-4)9-11-19/h7-12,15-16,24H,5-6,13-14H2,1-4H3,(H,23,25)/t16-/m0/s1. The molecule has 8 nitrogen and oxygen atoms in total. The van der Waals surface area contributed by atoms with Crippen molar-refractivity contribution >= 4 is 15.9 Å². The number of sulfonamides is 1. The van der Waals surface area contributed by atoms with Gasteiger partial charge in [0.05, 0.1) is 31.3 Å². The van der Waals surface area contributed by atoms with E-state index in [2.05, 4.69) is 10.0 Å². The fraction of sp³-hybridized carbons (Fsp3) is 0.409. The summed E-state index contributed by atoms with van der Waals surface area (Å²) in [6.07, 6.45) is 0.566. The molecule has 9 heteroatoms. The van der Waals surface area contributed by atoms with Crippen molar-refractivity contribution in [1.82, 2.24) is 10.0 Å². The van der Waals surface area contributed by atoms with Gasteiger partial charge in [-0.1, -0.05) is 6.07 Å². The minimum Gasteiger partial charge on any atom is -0.497 e. The van der Waals surface area contributed by atoms with Crippen LogP contribution < -0.4 is 24.2 Å². The highest BCUT2D eigenvalue weighted by Crippen LogP contribution is 2.28. The van der Waals surface area contributed by atoms with E-state index in [9.17, 15) is 13.2 Å². The Morgan fingerprint density at radius 1 is 1.00 bits per heavy atom. The Morgan fingerprint density at radius 3 is 2.26 bits per heavy atom. The molecule has 170 valence electrons. The maximum atomic E-state index is 12.5. The van der Waals surface area contributed by atoms with E-state index in [1.165, 1.54) is 26.2 Å². The maximum Gasteiger partial charge on any atom is 0.241 e. The molecule has 2 N–H and O–H groups in total. The lowest BCUT2D eigenvalue weighted by molar-refractivity contribution is -0.122. The Morgan fingerprint density at radius 2 is 1.65 bits per heavy atom. The van der Waals surface area contributed by atoms with Crippen LogP contribution in [0, 0.1) is 0 Å². The Labute approximate surface area is 184 Å². The van der Waals surface area contributed by atoms with Gasteiger partial charge in [-0.3, -0.25) is 4.79 Å². The van der Waals surface area contributed by atoms with Gasteiger partial charge < -0.3 is 19.5 Å². The Hall–Kier alpha value is -2.78. The molecule has 0 aromatic heterocycles. The highest BCUT2D eigenvalue weighted by Gasteiger charge is 2.22. The quantitative estimate of drug-likeness (QED) is 0.515. The van der Waals surface area contributed by atoms with E-state index in [0.717, 1.165) is 5.56 Å². The molecular weight excluding hydrogens is 420 g/mol. The molecule has 0 aliphatic carbocycles. The molecule has 0 aliphatic rings. The number of methoxy groups -OCH3 is 1. The minimum atomic E-state index is -3.83. The summed E-state index contributed by atoms with van der Waals surface area (Å²) < 4.78 is 43.5. The number of ether oxygens (including phenoxy) is 3. The van der Waals surface area contributed by atoms with Gasteiger partial charge in [0.15, 0.2) is 11.5 Å². The molecule has 0 radical (unpaired) electrons. The third-order valence-corrected chi connectivity index (χ3v) is 5.97. The number of rotatable bonds is 12. The number of nitrogens with one attached hydrogen (secondary N) is 2. The molecule has 0 fully saturated rings. The molecule has 1 amide bonds. The molecule has 2 aromatic carbocycles. The predicted molar refractivity (Wildman–Crippen MR) is 118 cm³/mol. The molecular formula is C22H30N2O6S. The van der Waals surface area contributed by atoms with Crippen molar-refractivity contribution in [2.45, 2.75) is 38.1 Å². The Bertz CT molecular complexity index is 960. The summed E-state index contributed by atoms with van der Waals surface area (Å²) in [5, 5.41) is 2.76. The van der Waals surface area contributed by atoms with E-state index in [4.69, 9.17) is 14.2 Å². The van der Waals surface area contributed by atoms with E-state index in [0.29, 0.717) is 43.4 Å². The van der Waals surface area contributed by atoms with E-state index < -0.39 is 22.0 Å². The summed E-state index contributed by atoms with van der Waals surface area (Å²) in [7, 11) is -2.33. The molecule has 0 unspecified atom stereocenters. The molecule has 1 atom stereocenters. The van der Waals surface area contributed by atoms with Gasteiger partial charge in [0.2, 0.25) is 15.9 Å². The van der Waals surface area contributed by atoms with Gasteiger partial charge in [0.1, 0.15) is 5.75 Å². The number of hydrogen-bond donors (Lipinski definition) is 2. The highest BCUT2D eigenvalue weighted by atomic mass is 32.2. The van der Waals surface area contributed by atoms with Crippen molar-refractivity contribution in [2.24, 2.45) is 0 Å². The third-order valence-electron chi connectivity index (χ3n) is 4.42. The van der Waals surface area contributed by atoms with E-state index >= 15 is 0 Å². The molecule has 0 bridgehead atoms. The third kappa shape index (κ3) is 7.15. The van der Waals surface area contributed by atoms with Gasteiger partial charge in [-0.25, -0.2) is 8.42 Å². The summed E-state index contributed by atoms with van der Waals surface area (Å²) in [5.74, 6) is 1.48. The van der Waals surface area contributed by atoms with Crippen molar-refractivity contribution < 1.29 is 27.4 Å². The molecule has 2 rings (SSSR count). The van der Waals surface area contributed by atoms with Gasteiger partial charge in [-0.2, -0.15) is 4.72 Å². The lowest BCUT2D eigenvalue weighted by Crippen LogP contribution is -2.45. The van der Waals surface area contributed by atoms with Crippen LogP contribution in [0.3, 0.4) is 0 Å². The molecule has 0 aliphatic heterocycles. The fourth-order valence-electron chi connectivity index (χ4n) is 2.84. The molecule has 0 saturated heterocycles. The number of amides is 1. The minimum absolute atomic E-state index is 0.0609. The zero-order chi connectivity index (χ0) is 22.9. The maximum absolute atomic E-state index is 12.5. The van der Waals surface area contributed by atoms with Gasteiger partial charge >= 0.3 is 0 Å². The molecule has 31 heavy (non-hydrogen) atoms. The average Bonchev–Trinajstić information content (AvgIpc) is 2.75. The van der Waals surface area contributed by atoms with Gasteiger partial charge in [0, 0.05) is 6.54 Å². The SMILES string of the molecule is CCOc1ccc(CCNC(=O)[C@H](C)NS(=O)(=O)c2ccc(OC)cc2)cc1OCC. The van der Waals surface area contributed by atoms with Crippen LogP contribution in [-0.2, 0) is 21.2 Å². The molecule has 0 heterocycles. The van der Waals surface area contributed by atoms with Crippen LogP contribution in [-0.4, -0.2) is 47.2 Å². The van der Waals surface area contributed by atoms with Gasteiger partial charge in [-0.05, 0) is 69.2 Å². The fourth-order valence-corrected chi connectivity index (χ4v) is 4.05. The van der Waals surface area contributed by atoms with Crippen LogP contribution in [0.15, 0.2) is 47.4 Å². The first-order valence-corrected chi connectivity index (χ1v) is 11.6. The van der Waals surface area contributed by atoms with E-state index in [-0.39, 0.29) is 4.90 Å². The first-order valence-electron chi connectivity index (χ1n) is 10.1. The Kier molecular flexibility index (Phi) is 9.14. The second-order valence-electron chi connectivity index (χ2n) is 6.71. The Balaban J connectivity index is 1.91. The van der Waals surface area contributed by atoms with Crippen LogP contribution in [0.5, 0.6) is 17.2 Å². The van der Waals surface area contributed by atoms with Crippen molar-refractivity contribution in [2.75, 3.05) is 26.9 Å². The number of carbonyl (C=O) groups is 1.